The van der Waals surface area contributed by atoms with Crippen molar-refractivity contribution in [2.24, 2.45) is 0 Å². The Morgan fingerprint density at radius 1 is 0.844 bits per heavy atom. The van der Waals surface area contributed by atoms with Gasteiger partial charge in [0.2, 0.25) is 0 Å². The van der Waals surface area contributed by atoms with Crippen molar-refractivity contribution in [1.82, 2.24) is 5.16 Å². The summed E-state index contributed by atoms with van der Waals surface area (Å²) in [6.45, 7) is 0.424. The number of nitrogens with zero attached hydrogens (tertiary/aromatic N) is 1. The quantitative estimate of drug-likeness (QED) is 0.329. The van der Waals surface area contributed by atoms with Crippen LogP contribution in [0.1, 0.15) is 29.3 Å². The highest BCUT2D eigenvalue weighted by Crippen LogP contribution is 2.41. The second-order valence-corrected chi connectivity index (χ2v) is 7.81. The third kappa shape index (κ3) is 3.35. The van der Waals surface area contributed by atoms with Crippen LogP contribution in [0.3, 0.4) is 0 Å². The second-order valence-electron chi connectivity index (χ2n) is 7.81. The lowest BCUT2D eigenvalue weighted by Crippen LogP contribution is -2.38. The van der Waals surface area contributed by atoms with Crippen molar-refractivity contribution in [2.45, 2.75) is 19.0 Å². The van der Waals surface area contributed by atoms with Crippen molar-refractivity contribution in [3.05, 3.63) is 131 Å². The Balaban J connectivity index is 1.82. The van der Waals surface area contributed by atoms with E-state index in [-0.39, 0.29) is 0 Å². The van der Waals surface area contributed by atoms with Crippen molar-refractivity contribution < 1.29 is 11.0 Å². The smallest absolute Gasteiger partial charge is 0.169 e. The maximum Gasteiger partial charge on any atom is 0.169 e. The molecule has 0 saturated carbocycles. The predicted octanol–water partition coefficient (Wildman–Crippen LogP) is 6.03. The van der Waals surface area contributed by atoms with E-state index in [2.05, 4.69) is 46.9 Å². The molecule has 1 unspecified atom stereocenters. The van der Waals surface area contributed by atoms with Crippen molar-refractivity contribution in [1.29, 1.82) is 0 Å². The third-order valence-electron chi connectivity index (χ3n) is 5.90. The van der Waals surface area contributed by atoms with Crippen molar-refractivity contribution >= 4 is 16.7 Å². The summed E-state index contributed by atoms with van der Waals surface area (Å²) < 4.78 is 13.7. The lowest BCUT2D eigenvalue weighted by molar-refractivity contribution is 0.282. The number of aliphatic hydroxyl groups is 1. The number of rotatable bonds is 6. The molecule has 0 bridgehead atoms. The molecule has 0 aliphatic carbocycles. The molecule has 5 aromatic rings. The zero-order chi connectivity index (χ0) is 22.8. The molecule has 0 spiro atoms. The molecule has 5 rings (SSSR count). The van der Waals surface area contributed by atoms with Gasteiger partial charge in [-0.1, -0.05) is 96.2 Å². The van der Waals surface area contributed by atoms with Gasteiger partial charge in [0.05, 0.1) is 13.6 Å². The standard InChI is InChI=1S/C28H24N2O2/c1-20-25-17-21(19-31)26(18-27(25)32-30-20)29-28(22-11-5-2-6-12-22,23-13-7-3-8-14-23)24-15-9-4-10-16-24/h2-18,29,31H,19H2,1H3/i19D. The summed E-state index contributed by atoms with van der Waals surface area (Å²) in [5.41, 5.74) is 4.70. The van der Waals surface area contributed by atoms with Crippen LogP contribution in [0.25, 0.3) is 11.0 Å². The maximum absolute atomic E-state index is 10.4. The van der Waals surface area contributed by atoms with Gasteiger partial charge in [-0.15, -0.1) is 0 Å². The minimum Gasteiger partial charge on any atom is -0.392 e. The van der Waals surface area contributed by atoms with Gasteiger partial charge in [-0.05, 0) is 29.7 Å². The SMILES string of the molecule is [2H]C(O)c1cc2c(C)noc2cc1NC(c1ccccc1)(c1ccccc1)c1ccccc1. The Hall–Kier alpha value is -3.89. The third-order valence-corrected chi connectivity index (χ3v) is 5.90. The first kappa shape index (κ1) is 18.8. The van der Waals surface area contributed by atoms with E-state index in [0.717, 1.165) is 27.8 Å². The van der Waals surface area contributed by atoms with E-state index in [1.54, 1.807) is 6.07 Å². The van der Waals surface area contributed by atoms with E-state index < -0.39 is 12.1 Å². The zero-order valence-electron chi connectivity index (χ0n) is 18.7. The number of nitrogens with one attached hydrogen (secondary N) is 1. The van der Waals surface area contributed by atoms with E-state index in [1.165, 1.54) is 0 Å². The molecule has 0 fully saturated rings. The van der Waals surface area contributed by atoms with Crippen LogP contribution in [0.2, 0.25) is 0 Å². The molecule has 4 nitrogen and oxygen atoms in total. The molecule has 1 aromatic heterocycles. The largest absolute Gasteiger partial charge is 0.392 e. The molecule has 0 radical (unpaired) electrons. The van der Waals surface area contributed by atoms with Crippen LogP contribution >= 0.6 is 0 Å². The lowest BCUT2D eigenvalue weighted by atomic mass is 9.76. The van der Waals surface area contributed by atoms with Gasteiger partial charge in [-0.3, -0.25) is 0 Å². The molecule has 2 N–H and O–H groups in total. The fourth-order valence-corrected chi connectivity index (χ4v) is 4.32. The lowest BCUT2D eigenvalue weighted by Gasteiger charge is -2.38. The molecule has 1 atom stereocenters. The molecule has 4 aromatic carbocycles. The van der Waals surface area contributed by atoms with Gasteiger partial charge in [0.15, 0.2) is 5.58 Å². The van der Waals surface area contributed by atoms with Gasteiger partial charge in [0.25, 0.3) is 0 Å². The number of aromatic nitrogens is 1. The summed E-state index contributed by atoms with van der Waals surface area (Å²) in [7, 11) is 0. The first-order chi connectivity index (χ1) is 16.1. The summed E-state index contributed by atoms with van der Waals surface area (Å²) in [6, 6.07) is 34.2. The van der Waals surface area contributed by atoms with E-state index >= 15 is 0 Å². The molecular formula is C28H24N2O2. The zero-order valence-corrected chi connectivity index (χ0v) is 17.7. The highest BCUT2D eigenvalue weighted by atomic mass is 16.5. The Morgan fingerprint density at radius 3 is 1.81 bits per heavy atom. The van der Waals surface area contributed by atoms with Crippen LogP contribution in [0.15, 0.2) is 108 Å². The number of anilines is 1. The Bertz CT molecular complexity index is 1270. The number of fused-ring (bicyclic) bond motifs is 1. The van der Waals surface area contributed by atoms with E-state index in [1.807, 2.05) is 67.6 Å². The first-order valence-corrected chi connectivity index (χ1v) is 10.5. The normalized spacial score (nSPS) is 13.0. The summed E-state index contributed by atoms with van der Waals surface area (Å²) in [6.07, 6.45) is 0. The minimum absolute atomic E-state index is 0.459. The molecule has 1 heterocycles. The number of hydrogen-bond donors (Lipinski definition) is 2. The van der Waals surface area contributed by atoms with E-state index in [0.29, 0.717) is 16.8 Å². The van der Waals surface area contributed by atoms with Crippen LogP contribution in [-0.4, -0.2) is 10.3 Å². The van der Waals surface area contributed by atoms with Gasteiger partial charge in [0.1, 0.15) is 5.54 Å². The Labute approximate surface area is 188 Å². The Morgan fingerprint density at radius 2 is 1.34 bits per heavy atom. The van der Waals surface area contributed by atoms with Gasteiger partial charge in [-0.25, -0.2) is 0 Å². The van der Waals surface area contributed by atoms with Crippen molar-refractivity contribution in [2.75, 3.05) is 5.32 Å². The average molecular weight is 422 g/mol. The van der Waals surface area contributed by atoms with E-state index in [9.17, 15) is 5.11 Å². The van der Waals surface area contributed by atoms with Crippen molar-refractivity contribution in [3.63, 3.8) is 0 Å². The fraction of sp³-hybridized carbons (Fsp3) is 0.107. The van der Waals surface area contributed by atoms with Gasteiger partial charge >= 0.3 is 0 Å². The number of benzene rings is 4. The minimum atomic E-state index is -1.42. The number of hydrogen-bond acceptors (Lipinski definition) is 4. The molecule has 4 heteroatoms. The van der Waals surface area contributed by atoms with Crippen LogP contribution in [-0.2, 0) is 12.1 Å². The number of aryl methyl sites for hydroxylation is 1. The van der Waals surface area contributed by atoms with E-state index in [4.69, 9.17) is 5.89 Å². The first-order valence-electron chi connectivity index (χ1n) is 11.1. The van der Waals surface area contributed by atoms with Gasteiger partial charge in [0, 0.05) is 22.7 Å². The van der Waals surface area contributed by atoms with Crippen LogP contribution in [0.4, 0.5) is 5.69 Å². The summed E-state index contributed by atoms with van der Waals surface area (Å²) in [5.74, 6) is 0. The van der Waals surface area contributed by atoms with Crippen LogP contribution in [0.5, 0.6) is 0 Å². The van der Waals surface area contributed by atoms with Crippen LogP contribution in [0, 0.1) is 6.92 Å². The molecule has 0 amide bonds. The van der Waals surface area contributed by atoms with Crippen LogP contribution < -0.4 is 5.32 Å². The highest BCUT2D eigenvalue weighted by molar-refractivity contribution is 5.85. The number of aliphatic hydroxyl groups excluding tert-OH is 1. The predicted molar refractivity (Wildman–Crippen MR) is 127 cm³/mol. The molecular weight excluding hydrogens is 396 g/mol. The Kier molecular flexibility index (Phi) is 4.90. The fourth-order valence-electron chi connectivity index (χ4n) is 4.32. The molecule has 0 aliphatic heterocycles. The topological polar surface area (TPSA) is 58.3 Å². The average Bonchev–Trinajstić information content (AvgIpc) is 3.23. The summed E-state index contributed by atoms with van der Waals surface area (Å²) in [4.78, 5) is 0. The maximum atomic E-state index is 10.4. The highest BCUT2D eigenvalue weighted by Gasteiger charge is 2.37. The summed E-state index contributed by atoms with van der Waals surface area (Å²) in [5, 5.41) is 18.9. The molecule has 32 heavy (non-hydrogen) atoms. The van der Waals surface area contributed by atoms with Gasteiger partial charge in [-0.2, -0.15) is 0 Å². The molecule has 0 aliphatic rings. The monoisotopic (exact) mass is 421 g/mol. The molecule has 158 valence electrons. The molecule has 0 saturated heterocycles. The van der Waals surface area contributed by atoms with Crippen molar-refractivity contribution in [3.8, 4) is 0 Å². The second kappa shape index (κ2) is 8.33. The summed E-state index contributed by atoms with van der Waals surface area (Å²) >= 11 is 0. The van der Waals surface area contributed by atoms with Gasteiger partial charge < -0.3 is 14.9 Å².